The maximum absolute atomic E-state index is 5.17. The summed E-state index contributed by atoms with van der Waals surface area (Å²) in [5.74, 6) is 0.896. The van der Waals surface area contributed by atoms with Gasteiger partial charge in [0, 0.05) is 32.4 Å². The van der Waals surface area contributed by atoms with Gasteiger partial charge in [0.15, 0.2) is 0 Å². The first-order valence-electron chi connectivity index (χ1n) is 7.37. The molecule has 1 aliphatic heterocycles. The summed E-state index contributed by atoms with van der Waals surface area (Å²) < 4.78 is 7.42. The Labute approximate surface area is 125 Å². The summed E-state index contributed by atoms with van der Waals surface area (Å²) >= 11 is 0. The molecule has 110 valence electrons. The minimum Gasteiger partial charge on any atom is -0.497 e. The standard InChI is InChI=1S/C17H21N3O/c1-21-17-7-5-15(6-8-17)4-2-9-19-10-3-11-20-14-18-12-16(20)13-19/h2,4-8,12,14H,3,9-11,13H2,1H3. The van der Waals surface area contributed by atoms with E-state index in [9.17, 15) is 0 Å². The third kappa shape index (κ3) is 3.52. The minimum absolute atomic E-state index is 0.896. The summed E-state index contributed by atoms with van der Waals surface area (Å²) in [6.45, 7) is 4.16. The number of ether oxygens (including phenoxy) is 1. The van der Waals surface area contributed by atoms with Crippen LogP contribution in [0.5, 0.6) is 5.75 Å². The molecule has 1 aliphatic rings. The largest absolute Gasteiger partial charge is 0.497 e. The van der Waals surface area contributed by atoms with Gasteiger partial charge in [0.05, 0.1) is 19.1 Å². The quantitative estimate of drug-likeness (QED) is 0.864. The monoisotopic (exact) mass is 283 g/mol. The van der Waals surface area contributed by atoms with E-state index in [1.54, 1.807) is 7.11 Å². The Balaban J connectivity index is 1.58. The second-order valence-electron chi connectivity index (χ2n) is 5.34. The molecular weight excluding hydrogens is 262 g/mol. The van der Waals surface area contributed by atoms with Crippen molar-refractivity contribution in [2.45, 2.75) is 19.5 Å². The lowest BCUT2D eigenvalue weighted by atomic mass is 10.2. The molecule has 0 saturated carbocycles. The predicted octanol–water partition coefficient (Wildman–Crippen LogP) is 2.81. The van der Waals surface area contributed by atoms with Crippen LogP contribution in [0.1, 0.15) is 17.7 Å². The third-order valence-corrected chi connectivity index (χ3v) is 3.85. The van der Waals surface area contributed by atoms with Crippen LogP contribution < -0.4 is 4.74 Å². The minimum atomic E-state index is 0.896. The van der Waals surface area contributed by atoms with Crippen molar-refractivity contribution in [1.82, 2.24) is 14.5 Å². The number of imidazole rings is 1. The van der Waals surface area contributed by atoms with Crippen LogP contribution in [0, 0.1) is 0 Å². The highest BCUT2D eigenvalue weighted by atomic mass is 16.5. The van der Waals surface area contributed by atoms with Crippen LogP contribution in [0.25, 0.3) is 6.08 Å². The molecule has 0 fully saturated rings. The molecule has 1 aromatic carbocycles. The SMILES string of the molecule is COc1ccc(C=CCN2CCCn3cncc3C2)cc1. The summed E-state index contributed by atoms with van der Waals surface area (Å²) in [4.78, 5) is 6.69. The predicted molar refractivity (Wildman–Crippen MR) is 84.1 cm³/mol. The normalized spacial score (nSPS) is 15.9. The lowest BCUT2D eigenvalue weighted by Gasteiger charge is -2.16. The van der Waals surface area contributed by atoms with Gasteiger partial charge < -0.3 is 9.30 Å². The molecule has 0 radical (unpaired) electrons. The van der Waals surface area contributed by atoms with E-state index in [1.807, 2.05) is 24.7 Å². The van der Waals surface area contributed by atoms with E-state index in [0.29, 0.717) is 0 Å². The second kappa shape index (κ2) is 6.59. The van der Waals surface area contributed by atoms with Crippen molar-refractivity contribution in [2.24, 2.45) is 0 Å². The summed E-state index contributed by atoms with van der Waals surface area (Å²) in [6.07, 6.45) is 9.49. The molecule has 0 aliphatic carbocycles. The number of hydrogen-bond donors (Lipinski definition) is 0. The Morgan fingerprint density at radius 1 is 1.24 bits per heavy atom. The average molecular weight is 283 g/mol. The van der Waals surface area contributed by atoms with Gasteiger partial charge in [-0.3, -0.25) is 4.90 Å². The first kappa shape index (κ1) is 13.9. The van der Waals surface area contributed by atoms with Crippen molar-refractivity contribution in [3.63, 3.8) is 0 Å². The lowest BCUT2D eigenvalue weighted by Crippen LogP contribution is -2.23. The van der Waals surface area contributed by atoms with E-state index >= 15 is 0 Å². The highest BCUT2D eigenvalue weighted by molar-refractivity contribution is 5.50. The molecule has 0 atom stereocenters. The molecular formula is C17H21N3O. The molecule has 0 spiro atoms. The second-order valence-corrected chi connectivity index (χ2v) is 5.34. The Morgan fingerprint density at radius 2 is 2.10 bits per heavy atom. The van der Waals surface area contributed by atoms with Crippen molar-refractivity contribution < 1.29 is 4.74 Å². The molecule has 2 aromatic rings. The zero-order valence-electron chi connectivity index (χ0n) is 12.4. The summed E-state index contributed by atoms with van der Waals surface area (Å²) in [5, 5.41) is 0. The van der Waals surface area contributed by atoms with Gasteiger partial charge >= 0.3 is 0 Å². The number of hydrogen-bond acceptors (Lipinski definition) is 3. The van der Waals surface area contributed by atoms with E-state index in [-0.39, 0.29) is 0 Å². The van der Waals surface area contributed by atoms with Gasteiger partial charge in [0.1, 0.15) is 5.75 Å². The van der Waals surface area contributed by atoms with Gasteiger partial charge in [-0.25, -0.2) is 4.98 Å². The van der Waals surface area contributed by atoms with Crippen molar-refractivity contribution in [1.29, 1.82) is 0 Å². The highest BCUT2D eigenvalue weighted by Gasteiger charge is 2.12. The topological polar surface area (TPSA) is 30.3 Å². The summed E-state index contributed by atoms with van der Waals surface area (Å²) in [5.41, 5.74) is 2.51. The van der Waals surface area contributed by atoms with Crippen molar-refractivity contribution in [2.75, 3.05) is 20.2 Å². The Hall–Kier alpha value is -2.07. The first-order valence-corrected chi connectivity index (χ1v) is 7.37. The molecule has 0 amide bonds. The zero-order chi connectivity index (χ0) is 14.5. The van der Waals surface area contributed by atoms with E-state index in [2.05, 4.69) is 38.7 Å². The van der Waals surface area contributed by atoms with Crippen LogP contribution in [0.15, 0.2) is 42.9 Å². The highest BCUT2D eigenvalue weighted by Crippen LogP contribution is 2.14. The molecule has 0 N–H and O–H groups in total. The van der Waals surface area contributed by atoms with Gasteiger partial charge in [0.2, 0.25) is 0 Å². The Morgan fingerprint density at radius 3 is 2.90 bits per heavy atom. The van der Waals surface area contributed by atoms with Gasteiger partial charge in [0.25, 0.3) is 0 Å². The maximum atomic E-state index is 5.17. The number of fused-ring (bicyclic) bond motifs is 1. The fraction of sp³-hybridized carbons (Fsp3) is 0.353. The average Bonchev–Trinajstić information content (AvgIpc) is 2.86. The smallest absolute Gasteiger partial charge is 0.118 e. The summed E-state index contributed by atoms with van der Waals surface area (Å²) in [6, 6.07) is 8.13. The maximum Gasteiger partial charge on any atom is 0.118 e. The van der Waals surface area contributed by atoms with E-state index in [4.69, 9.17) is 4.74 Å². The fourth-order valence-electron chi connectivity index (χ4n) is 2.66. The number of rotatable bonds is 4. The number of aromatic nitrogens is 2. The van der Waals surface area contributed by atoms with Gasteiger partial charge in [-0.05, 0) is 24.1 Å². The van der Waals surface area contributed by atoms with Crippen molar-refractivity contribution in [3.05, 3.63) is 54.1 Å². The molecule has 4 heteroatoms. The van der Waals surface area contributed by atoms with Crippen LogP contribution in [0.2, 0.25) is 0 Å². The molecule has 1 aromatic heterocycles. The summed E-state index contributed by atoms with van der Waals surface area (Å²) in [7, 11) is 1.69. The van der Waals surface area contributed by atoms with Crippen molar-refractivity contribution in [3.8, 4) is 5.75 Å². The Bertz CT molecular complexity index is 601. The molecule has 0 saturated heterocycles. The van der Waals surface area contributed by atoms with Crippen LogP contribution in [0.3, 0.4) is 0 Å². The van der Waals surface area contributed by atoms with Gasteiger partial charge in [-0.15, -0.1) is 0 Å². The molecule has 0 bridgehead atoms. The Kier molecular flexibility index (Phi) is 4.36. The zero-order valence-corrected chi connectivity index (χ0v) is 12.4. The fourth-order valence-corrected chi connectivity index (χ4v) is 2.66. The first-order chi connectivity index (χ1) is 10.3. The van der Waals surface area contributed by atoms with Gasteiger partial charge in [-0.1, -0.05) is 24.3 Å². The number of nitrogens with zero attached hydrogens (tertiary/aromatic N) is 3. The number of methoxy groups -OCH3 is 1. The van der Waals surface area contributed by atoms with Crippen LogP contribution in [-0.4, -0.2) is 34.7 Å². The van der Waals surface area contributed by atoms with Gasteiger partial charge in [-0.2, -0.15) is 0 Å². The van der Waals surface area contributed by atoms with Crippen LogP contribution in [-0.2, 0) is 13.1 Å². The molecule has 0 unspecified atom stereocenters. The number of aryl methyl sites for hydroxylation is 1. The van der Waals surface area contributed by atoms with Crippen molar-refractivity contribution >= 4 is 6.08 Å². The number of benzene rings is 1. The van der Waals surface area contributed by atoms with Crippen LogP contribution in [0.4, 0.5) is 0 Å². The van der Waals surface area contributed by atoms with E-state index < -0.39 is 0 Å². The van der Waals surface area contributed by atoms with E-state index in [0.717, 1.165) is 31.9 Å². The lowest BCUT2D eigenvalue weighted by molar-refractivity contribution is 0.299. The molecule has 2 heterocycles. The molecule has 3 rings (SSSR count). The third-order valence-electron chi connectivity index (χ3n) is 3.85. The molecule has 4 nitrogen and oxygen atoms in total. The van der Waals surface area contributed by atoms with Crippen LogP contribution >= 0.6 is 0 Å². The molecule has 21 heavy (non-hydrogen) atoms. The van der Waals surface area contributed by atoms with E-state index in [1.165, 1.54) is 17.7 Å².